The molecule has 4 nitrogen and oxygen atoms in total. The summed E-state index contributed by atoms with van der Waals surface area (Å²) in [6.45, 7) is 0. The largest absolute Gasteiger partial charge is 0.368 e. The number of fused-ring (bicyclic) bond motifs is 1. The van der Waals surface area contributed by atoms with E-state index >= 15 is 0 Å². The Hall–Kier alpha value is -1.42. The van der Waals surface area contributed by atoms with Gasteiger partial charge in [-0.15, -0.1) is 0 Å². The molecule has 0 radical (unpaired) electrons. The molecule has 4 N–H and O–H groups in total. The highest BCUT2D eigenvalue weighted by Gasteiger charge is 2.38. The van der Waals surface area contributed by atoms with Crippen LogP contribution in [0.3, 0.4) is 0 Å². The lowest BCUT2D eigenvalue weighted by molar-refractivity contribution is -0.124. The Labute approximate surface area is 82.3 Å². The Bertz CT molecular complexity index is 377. The normalized spacial score (nSPS) is 25.5. The molecule has 1 aliphatic rings. The van der Waals surface area contributed by atoms with Crippen molar-refractivity contribution in [2.24, 2.45) is 11.5 Å². The summed E-state index contributed by atoms with van der Waals surface area (Å²) in [6.07, 6.45) is 5.83. The molecule has 0 aliphatic heterocycles. The fraction of sp³-hybridized carbons (Fsp3) is 0.400. The zero-order valence-electron chi connectivity index (χ0n) is 7.86. The molecule has 1 aromatic heterocycles. The van der Waals surface area contributed by atoms with Crippen LogP contribution in [-0.4, -0.2) is 10.9 Å². The third kappa shape index (κ3) is 1.19. The second kappa shape index (κ2) is 3.06. The number of pyridine rings is 1. The van der Waals surface area contributed by atoms with Crippen molar-refractivity contribution in [3.8, 4) is 0 Å². The van der Waals surface area contributed by atoms with Crippen molar-refractivity contribution in [3.05, 3.63) is 29.6 Å². The maximum atomic E-state index is 11.3. The number of amides is 1. The third-order valence-corrected chi connectivity index (χ3v) is 2.85. The van der Waals surface area contributed by atoms with Gasteiger partial charge in [-0.1, -0.05) is 0 Å². The van der Waals surface area contributed by atoms with E-state index in [1.54, 1.807) is 12.4 Å². The van der Waals surface area contributed by atoms with Gasteiger partial charge in [0.15, 0.2) is 0 Å². The second-order valence-electron chi connectivity index (χ2n) is 3.72. The molecule has 14 heavy (non-hydrogen) atoms. The fourth-order valence-electron chi connectivity index (χ4n) is 1.99. The average molecular weight is 191 g/mol. The SMILES string of the molecule is NC(=O)C1(N)CCCc2ccncc21. The van der Waals surface area contributed by atoms with Crippen molar-refractivity contribution in [3.63, 3.8) is 0 Å². The Morgan fingerprint density at radius 2 is 2.36 bits per heavy atom. The van der Waals surface area contributed by atoms with Gasteiger partial charge in [-0.25, -0.2) is 0 Å². The van der Waals surface area contributed by atoms with E-state index in [1.807, 2.05) is 6.07 Å². The number of rotatable bonds is 1. The van der Waals surface area contributed by atoms with E-state index in [0.29, 0.717) is 6.42 Å². The van der Waals surface area contributed by atoms with Crippen molar-refractivity contribution in [2.45, 2.75) is 24.8 Å². The highest BCUT2D eigenvalue weighted by molar-refractivity contribution is 5.86. The predicted molar refractivity (Wildman–Crippen MR) is 52.2 cm³/mol. The molecule has 1 amide bonds. The maximum Gasteiger partial charge on any atom is 0.242 e. The molecule has 74 valence electrons. The molecule has 0 aromatic carbocycles. The van der Waals surface area contributed by atoms with Crippen LogP contribution in [0.1, 0.15) is 24.0 Å². The van der Waals surface area contributed by atoms with Gasteiger partial charge in [0, 0.05) is 18.0 Å². The van der Waals surface area contributed by atoms with Crippen LogP contribution in [0.2, 0.25) is 0 Å². The number of aryl methyl sites for hydroxylation is 1. The summed E-state index contributed by atoms with van der Waals surface area (Å²) in [5, 5.41) is 0. The van der Waals surface area contributed by atoms with Gasteiger partial charge >= 0.3 is 0 Å². The summed E-state index contributed by atoms with van der Waals surface area (Å²) in [6, 6.07) is 1.90. The lowest BCUT2D eigenvalue weighted by atomic mass is 9.78. The van der Waals surface area contributed by atoms with Crippen molar-refractivity contribution in [2.75, 3.05) is 0 Å². The van der Waals surface area contributed by atoms with Crippen LogP contribution in [0.15, 0.2) is 18.5 Å². The Morgan fingerprint density at radius 3 is 3.07 bits per heavy atom. The quantitative estimate of drug-likeness (QED) is 0.658. The van der Waals surface area contributed by atoms with E-state index in [4.69, 9.17) is 11.5 Å². The van der Waals surface area contributed by atoms with Gasteiger partial charge in [-0.2, -0.15) is 0 Å². The zero-order chi connectivity index (χ0) is 10.2. The number of nitrogens with zero attached hydrogens (tertiary/aromatic N) is 1. The van der Waals surface area contributed by atoms with Crippen LogP contribution in [-0.2, 0) is 16.8 Å². The van der Waals surface area contributed by atoms with Gasteiger partial charge < -0.3 is 11.5 Å². The second-order valence-corrected chi connectivity index (χ2v) is 3.72. The van der Waals surface area contributed by atoms with E-state index < -0.39 is 11.4 Å². The van der Waals surface area contributed by atoms with Crippen LogP contribution in [0, 0.1) is 0 Å². The van der Waals surface area contributed by atoms with Gasteiger partial charge in [-0.05, 0) is 30.9 Å². The average Bonchev–Trinajstić information content (AvgIpc) is 2.18. The number of hydrogen-bond donors (Lipinski definition) is 2. The summed E-state index contributed by atoms with van der Waals surface area (Å²) < 4.78 is 0. The highest BCUT2D eigenvalue weighted by atomic mass is 16.1. The van der Waals surface area contributed by atoms with Crippen molar-refractivity contribution >= 4 is 5.91 Å². The van der Waals surface area contributed by atoms with Crippen LogP contribution in [0.5, 0.6) is 0 Å². The van der Waals surface area contributed by atoms with Crippen molar-refractivity contribution in [1.82, 2.24) is 4.98 Å². The number of hydrogen-bond acceptors (Lipinski definition) is 3. The number of primary amides is 1. The molecule has 0 fully saturated rings. The van der Waals surface area contributed by atoms with Crippen LogP contribution in [0.25, 0.3) is 0 Å². The van der Waals surface area contributed by atoms with Crippen LogP contribution in [0.4, 0.5) is 0 Å². The molecule has 1 heterocycles. The van der Waals surface area contributed by atoms with Crippen molar-refractivity contribution in [1.29, 1.82) is 0 Å². The van der Waals surface area contributed by atoms with Crippen molar-refractivity contribution < 1.29 is 4.79 Å². The number of carbonyl (C=O) groups is 1. The van der Waals surface area contributed by atoms with Gasteiger partial charge in [0.25, 0.3) is 0 Å². The van der Waals surface area contributed by atoms with Gasteiger partial charge in [0.1, 0.15) is 5.54 Å². The lowest BCUT2D eigenvalue weighted by Crippen LogP contribution is -2.51. The molecular weight excluding hydrogens is 178 g/mol. The monoisotopic (exact) mass is 191 g/mol. The fourth-order valence-corrected chi connectivity index (χ4v) is 1.99. The number of carbonyl (C=O) groups excluding carboxylic acids is 1. The molecule has 2 rings (SSSR count). The molecule has 0 saturated carbocycles. The summed E-state index contributed by atoms with van der Waals surface area (Å²) in [5.41, 5.74) is 12.2. The lowest BCUT2D eigenvalue weighted by Gasteiger charge is -2.32. The first-order chi connectivity index (χ1) is 6.64. The van der Waals surface area contributed by atoms with Gasteiger partial charge in [0.05, 0.1) is 0 Å². The molecule has 0 bridgehead atoms. The number of nitrogens with two attached hydrogens (primary N) is 2. The summed E-state index contributed by atoms with van der Waals surface area (Å²) in [4.78, 5) is 15.3. The van der Waals surface area contributed by atoms with Gasteiger partial charge in [0.2, 0.25) is 5.91 Å². The summed E-state index contributed by atoms with van der Waals surface area (Å²) >= 11 is 0. The topological polar surface area (TPSA) is 82.0 Å². The minimum atomic E-state index is -1.01. The third-order valence-electron chi connectivity index (χ3n) is 2.85. The predicted octanol–water partition coefficient (Wildman–Crippen LogP) is 0.0572. The molecular formula is C10H13N3O. The van der Waals surface area contributed by atoms with E-state index in [0.717, 1.165) is 24.0 Å². The smallest absolute Gasteiger partial charge is 0.242 e. The Kier molecular flexibility index (Phi) is 2.00. The number of aromatic nitrogens is 1. The van der Waals surface area contributed by atoms with E-state index in [-0.39, 0.29) is 0 Å². The molecule has 0 spiro atoms. The minimum absolute atomic E-state index is 0.466. The van der Waals surface area contributed by atoms with E-state index in [9.17, 15) is 4.79 Å². The van der Waals surface area contributed by atoms with Crippen LogP contribution >= 0.6 is 0 Å². The summed E-state index contributed by atoms with van der Waals surface area (Å²) in [5.74, 6) is -0.466. The summed E-state index contributed by atoms with van der Waals surface area (Å²) in [7, 11) is 0. The minimum Gasteiger partial charge on any atom is -0.368 e. The molecule has 1 aromatic rings. The van der Waals surface area contributed by atoms with E-state index in [2.05, 4.69) is 4.98 Å². The standard InChI is InChI=1S/C10H13N3O/c11-9(14)10(12)4-1-2-7-3-5-13-6-8(7)10/h3,5-6H,1-2,4,12H2,(H2,11,14). The first kappa shape index (κ1) is 9.15. The molecule has 1 aliphatic carbocycles. The first-order valence-electron chi connectivity index (χ1n) is 4.67. The molecule has 0 saturated heterocycles. The maximum absolute atomic E-state index is 11.3. The van der Waals surface area contributed by atoms with Crippen LogP contribution < -0.4 is 11.5 Å². The molecule has 1 atom stereocenters. The first-order valence-corrected chi connectivity index (χ1v) is 4.67. The highest BCUT2D eigenvalue weighted by Crippen LogP contribution is 2.32. The van der Waals surface area contributed by atoms with E-state index in [1.165, 1.54) is 0 Å². The molecule has 1 unspecified atom stereocenters. The Balaban J connectivity index is 2.55. The van der Waals surface area contributed by atoms with Gasteiger partial charge in [-0.3, -0.25) is 9.78 Å². The Morgan fingerprint density at radius 1 is 1.57 bits per heavy atom. The molecule has 4 heteroatoms. The zero-order valence-corrected chi connectivity index (χ0v) is 7.86.